The second kappa shape index (κ2) is 4.73. The minimum absolute atomic E-state index is 0.282. The van der Waals surface area contributed by atoms with Gasteiger partial charge in [-0.3, -0.25) is 4.79 Å². The number of Topliss-reactive ketones (excluding diaryl/α,β-unsaturated/α-hetero) is 1. The highest BCUT2D eigenvalue weighted by molar-refractivity contribution is 6.77. The van der Waals surface area contributed by atoms with Crippen molar-refractivity contribution in [1.82, 2.24) is 0 Å². The van der Waals surface area contributed by atoms with Gasteiger partial charge in [0.25, 0.3) is 3.79 Å². The van der Waals surface area contributed by atoms with Gasteiger partial charge in [0.15, 0.2) is 11.6 Å². The summed E-state index contributed by atoms with van der Waals surface area (Å²) in [6, 6.07) is 1.60. The molecule has 0 spiro atoms. The van der Waals surface area contributed by atoms with Gasteiger partial charge in [-0.2, -0.15) is 4.39 Å². The largest absolute Gasteiger partial charge is 0.494 e. The molecule has 0 aliphatic heterocycles. The molecule has 1 aromatic carbocycles. The standard InChI is InChI=1S/C9H5Cl3F2O2/c1-16-6-3-4(2-5(13)7(6)14)8(15)9(10,11)12/h2-3H,1H3. The Morgan fingerprint density at radius 3 is 2.31 bits per heavy atom. The van der Waals surface area contributed by atoms with Gasteiger partial charge >= 0.3 is 0 Å². The summed E-state index contributed by atoms with van der Waals surface area (Å²) in [5, 5.41) is 0. The first kappa shape index (κ1) is 13.5. The number of rotatable bonds is 2. The third kappa shape index (κ3) is 2.75. The van der Waals surface area contributed by atoms with Gasteiger partial charge in [0.05, 0.1) is 7.11 Å². The van der Waals surface area contributed by atoms with E-state index >= 15 is 0 Å². The summed E-state index contributed by atoms with van der Waals surface area (Å²) in [6.45, 7) is 0. The quantitative estimate of drug-likeness (QED) is 0.615. The van der Waals surface area contributed by atoms with Gasteiger partial charge in [0.2, 0.25) is 11.6 Å². The van der Waals surface area contributed by atoms with Crippen molar-refractivity contribution in [1.29, 1.82) is 0 Å². The van der Waals surface area contributed by atoms with Crippen molar-refractivity contribution in [3.8, 4) is 5.75 Å². The summed E-state index contributed by atoms with van der Waals surface area (Å²) in [4.78, 5) is 11.5. The van der Waals surface area contributed by atoms with Gasteiger partial charge in [0, 0.05) is 5.56 Å². The molecule has 0 saturated carbocycles. The summed E-state index contributed by atoms with van der Waals surface area (Å²) in [7, 11) is 1.13. The van der Waals surface area contributed by atoms with Crippen molar-refractivity contribution in [2.24, 2.45) is 0 Å². The molecule has 0 radical (unpaired) electrons. The van der Waals surface area contributed by atoms with E-state index in [2.05, 4.69) is 4.74 Å². The van der Waals surface area contributed by atoms with Crippen LogP contribution in [0.25, 0.3) is 0 Å². The normalized spacial score (nSPS) is 11.4. The minimum Gasteiger partial charge on any atom is -0.494 e. The number of alkyl halides is 3. The van der Waals surface area contributed by atoms with Crippen LogP contribution in [-0.2, 0) is 0 Å². The zero-order valence-electron chi connectivity index (χ0n) is 7.86. The lowest BCUT2D eigenvalue weighted by atomic mass is 10.1. The van der Waals surface area contributed by atoms with Crippen molar-refractivity contribution in [2.45, 2.75) is 3.79 Å². The maximum atomic E-state index is 13.0. The average molecular weight is 289 g/mol. The van der Waals surface area contributed by atoms with Crippen LogP contribution < -0.4 is 4.74 Å². The summed E-state index contributed by atoms with van der Waals surface area (Å²) >= 11 is 16.0. The lowest BCUT2D eigenvalue weighted by Crippen LogP contribution is -2.19. The predicted molar refractivity (Wildman–Crippen MR) is 57.5 cm³/mol. The van der Waals surface area contributed by atoms with Crippen molar-refractivity contribution in [2.75, 3.05) is 7.11 Å². The molecule has 88 valence electrons. The molecule has 7 heteroatoms. The van der Waals surface area contributed by atoms with Gasteiger partial charge in [0.1, 0.15) is 0 Å². The second-order valence-corrected chi connectivity index (χ2v) is 5.08. The molecule has 0 heterocycles. The monoisotopic (exact) mass is 288 g/mol. The third-order valence-electron chi connectivity index (χ3n) is 1.73. The van der Waals surface area contributed by atoms with Crippen LogP contribution in [0.3, 0.4) is 0 Å². The van der Waals surface area contributed by atoms with E-state index in [1.54, 1.807) is 0 Å². The van der Waals surface area contributed by atoms with E-state index in [-0.39, 0.29) is 5.56 Å². The number of hydrogen-bond donors (Lipinski definition) is 0. The van der Waals surface area contributed by atoms with Gasteiger partial charge in [-0.15, -0.1) is 0 Å². The molecule has 1 aromatic rings. The van der Waals surface area contributed by atoms with Crippen LogP contribution in [0, 0.1) is 11.6 Å². The van der Waals surface area contributed by atoms with Crippen molar-refractivity contribution in [3.63, 3.8) is 0 Å². The molecule has 0 N–H and O–H groups in total. The van der Waals surface area contributed by atoms with Crippen molar-refractivity contribution < 1.29 is 18.3 Å². The Labute approximate surface area is 105 Å². The Morgan fingerprint density at radius 1 is 1.31 bits per heavy atom. The van der Waals surface area contributed by atoms with E-state index in [1.807, 2.05) is 0 Å². The molecule has 0 unspecified atom stereocenters. The molecule has 0 aliphatic rings. The smallest absolute Gasteiger partial charge is 0.253 e. The Morgan fingerprint density at radius 2 is 1.88 bits per heavy atom. The Bertz CT molecular complexity index is 429. The van der Waals surface area contributed by atoms with Crippen LogP contribution in [0.5, 0.6) is 5.75 Å². The molecule has 0 saturated heterocycles. The summed E-state index contributed by atoms with van der Waals surface area (Å²) in [5.74, 6) is -3.85. The van der Waals surface area contributed by atoms with Crippen molar-refractivity contribution >= 4 is 40.6 Å². The number of hydrogen-bond acceptors (Lipinski definition) is 2. The maximum Gasteiger partial charge on any atom is 0.253 e. The van der Waals surface area contributed by atoms with E-state index in [4.69, 9.17) is 34.8 Å². The van der Waals surface area contributed by atoms with E-state index in [0.29, 0.717) is 6.07 Å². The number of ether oxygens (including phenoxy) is 1. The topological polar surface area (TPSA) is 26.3 Å². The summed E-state index contributed by atoms with van der Waals surface area (Å²) in [6.07, 6.45) is 0. The number of carbonyl (C=O) groups excluding carboxylic acids is 1. The Hall–Kier alpha value is -0.580. The van der Waals surface area contributed by atoms with Crippen LogP contribution in [0.2, 0.25) is 0 Å². The van der Waals surface area contributed by atoms with Crippen LogP contribution >= 0.6 is 34.8 Å². The van der Waals surface area contributed by atoms with Gasteiger partial charge in [-0.25, -0.2) is 4.39 Å². The maximum absolute atomic E-state index is 13.0. The molecular formula is C9H5Cl3F2O2. The number of ketones is 1. The first-order chi connectivity index (χ1) is 7.27. The summed E-state index contributed by atoms with van der Waals surface area (Å²) < 4.78 is 28.4. The molecule has 16 heavy (non-hydrogen) atoms. The van der Waals surface area contributed by atoms with E-state index < -0.39 is 27.0 Å². The number of benzene rings is 1. The fourth-order valence-electron chi connectivity index (χ4n) is 1.01. The highest BCUT2D eigenvalue weighted by atomic mass is 35.6. The zero-order chi connectivity index (χ0) is 12.5. The highest BCUT2D eigenvalue weighted by Gasteiger charge is 2.32. The number of methoxy groups -OCH3 is 1. The first-order valence-corrected chi connectivity index (χ1v) is 5.05. The molecule has 0 aromatic heterocycles. The molecule has 0 bridgehead atoms. The average Bonchev–Trinajstić information content (AvgIpc) is 2.19. The lowest BCUT2D eigenvalue weighted by Gasteiger charge is -2.11. The first-order valence-electron chi connectivity index (χ1n) is 3.92. The number of halogens is 5. The van der Waals surface area contributed by atoms with Gasteiger partial charge < -0.3 is 4.74 Å². The Kier molecular flexibility index (Phi) is 3.99. The molecule has 1 rings (SSSR count). The third-order valence-corrected chi connectivity index (χ3v) is 2.25. The van der Waals surface area contributed by atoms with E-state index in [0.717, 1.165) is 13.2 Å². The van der Waals surface area contributed by atoms with E-state index in [9.17, 15) is 13.6 Å². The second-order valence-electron chi connectivity index (χ2n) is 2.80. The fraction of sp³-hybridized carbons (Fsp3) is 0.222. The highest BCUT2D eigenvalue weighted by Crippen LogP contribution is 2.32. The molecule has 0 amide bonds. The van der Waals surface area contributed by atoms with Crippen molar-refractivity contribution in [3.05, 3.63) is 29.3 Å². The van der Waals surface area contributed by atoms with Crippen LogP contribution in [0.1, 0.15) is 10.4 Å². The van der Waals surface area contributed by atoms with Crippen LogP contribution in [0.4, 0.5) is 8.78 Å². The van der Waals surface area contributed by atoms with Gasteiger partial charge in [-0.1, -0.05) is 34.8 Å². The fourth-order valence-corrected chi connectivity index (χ4v) is 1.33. The van der Waals surface area contributed by atoms with Crippen LogP contribution in [0.15, 0.2) is 12.1 Å². The SMILES string of the molecule is COc1cc(C(=O)C(Cl)(Cl)Cl)cc(F)c1F. The molecular weight excluding hydrogens is 284 g/mol. The molecule has 0 fully saturated rings. The molecule has 2 nitrogen and oxygen atoms in total. The Balaban J connectivity index is 3.27. The lowest BCUT2D eigenvalue weighted by molar-refractivity contribution is 0.0995. The van der Waals surface area contributed by atoms with Gasteiger partial charge in [-0.05, 0) is 12.1 Å². The van der Waals surface area contributed by atoms with E-state index in [1.165, 1.54) is 0 Å². The van der Waals surface area contributed by atoms with Crippen LogP contribution in [-0.4, -0.2) is 16.7 Å². The number of carbonyl (C=O) groups is 1. The zero-order valence-corrected chi connectivity index (χ0v) is 10.1. The molecule has 0 aliphatic carbocycles. The minimum atomic E-state index is -2.23. The predicted octanol–water partition coefficient (Wildman–Crippen LogP) is 3.53. The summed E-state index contributed by atoms with van der Waals surface area (Å²) in [5.41, 5.74) is -0.282. The molecule has 0 atom stereocenters.